The van der Waals surface area contributed by atoms with E-state index in [1.165, 1.54) is 5.56 Å². The molecule has 0 radical (unpaired) electrons. The molecule has 4 nitrogen and oxygen atoms in total. The van der Waals surface area contributed by atoms with Crippen LogP contribution in [-0.4, -0.2) is 18.2 Å². The third-order valence-electron chi connectivity index (χ3n) is 2.46. The molecule has 1 rings (SSSR count). The molecule has 0 aliphatic rings. The molecule has 0 bridgehead atoms. The van der Waals surface area contributed by atoms with Gasteiger partial charge in [-0.2, -0.15) is 0 Å². The Morgan fingerprint density at radius 3 is 1.95 bits per heavy atom. The second-order valence-electron chi connectivity index (χ2n) is 5.53. The summed E-state index contributed by atoms with van der Waals surface area (Å²) >= 11 is 0. The molecular weight excluding hydrogens is 273 g/mol. The predicted octanol–water partition coefficient (Wildman–Crippen LogP) is 4.17. The highest BCUT2D eigenvalue weighted by molar-refractivity contribution is 7.51. The number of rotatable bonds is 8. The maximum absolute atomic E-state index is 12.7. The van der Waals surface area contributed by atoms with Crippen LogP contribution < -0.4 is 5.09 Å². The van der Waals surface area contributed by atoms with E-state index in [0.717, 1.165) is 6.42 Å². The van der Waals surface area contributed by atoms with Crippen LogP contribution in [0.15, 0.2) is 30.3 Å². The topological polar surface area (TPSA) is 47.6 Å². The van der Waals surface area contributed by atoms with Crippen molar-refractivity contribution in [1.29, 1.82) is 0 Å². The first-order valence-electron chi connectivity index (χ1n) is 7.09. The fourth-order valence-electron chi connectivity index (χ4n) is 1.92. The average molecular weight is 299 g/mol. The smallest absolute Gasteiger partial charge is 0.294 e. The predicted molar refractivity (Wildman–Crippen MR) is 82.8 cm³/mol. The van der Waals surface area contributed by atoms with Crippen molar-refractivity contribution in [3.8, 4) is 0 Å². The molecule has 0 saturated heterocycles. The van der Waals surface area contributed by atoms with Crippen molar-refractivity contribution < 1.29 is 13.6 Å². The van der Waals surface area contributed by atoms with Gasteiger partial charge in [0, 0.05) is 6.04 Å². The minimum atomic E-state index is -3.27. The zero-order valence-corrected chi connectivity index (χ0v) is 13.9. The van der Waals surface area contributed by atoms with E-state index in [2.05, 4.69) is 17.2 Å². The van der Waals surface area contributed by atoms with E-state index in [4.69, 9.17) is 9.05 Å². The highest BCUT2D eigenvalue weighted by Crippen LogP contribution is 2.46. The van der Waals surface area contributed by atoms with Gasteiger partial charge in [-0.15, -0.1) is 0 Å². The van der Waals surface area contributed by atoms with Gasteiger partial charge in [0.1, 0.15) is 0 Å². The van der Waals surface area contributed by atoms with Gasteiger partial charge in [0.25, 0.3) is 0 Å². The highest BCUT2D eigenvalue weighted by atomic mass is 31.2. The maximum Gasteiger partial charge on any atom is 0.406 e. The molecule has 114 valence electrons. The van der Waals surface area contributed by atoms with Crippen LogP contribution in [0.3, 0.4) is 0 Å². The number of nitrogens with one attached hydrogen (secondary N) is 1. The molecule has 20 heavy (non-hydrogen) atoms. The van der Waals surface area contributed by atoms with Gasteiger partial charge in [-0.05, 0) is 46.6 Å². The Morgan fingerprint density at radius 2 is 1.50 bits per heavy atom. The Morgan fingerprint density at radius 1 is 1.00 bits per heavy atom. The van der Waals surface area contributed by atoms with Gasteiger partial charge in [0.2, 0.25) is 0 Å². The SMILES string of the molecule is CC(C)OP(=O)(N[C@@H](C)Cc1ccccc1)OC(C)C. The van der Waals surface area contributed by atoms with Gasteiger partial charge in [-0.3, -0.25) is 9.05 Å². The molecule has 0 saturated carbocycles. The van der Waals surface area contributed by atoms with Crippen molar-refractivity contribution in [3.63, 3.8) is 0 Å². The maximum atomic E-state index is 12.7. The van der Waals surface area contributed by atoms with Crippen molar-refractivity contribution >= 4 is 7.75 Å². The molecule has 1 aromatic carbocycles. The van der Waals surface area contributed by atoms with Crippen molar-refractivity contribution in [1.82, 2.24) is 5.09 Å². The van der Waals surface area contributed by atoms with Crippen LogP contribution >= 0.6 is 7.75 Å². The van der Waals surface area contributed by atoms with E-state index >= 15 is 0 Å². The lowest BCUT2D eigenvalue weighted by molar-refractivity contribution is 0.133. The molecule has 0 aliphatic carbocycles. The van der Waals surface area contributed by atoms with Gasteiger partial charge in [-0.1, -0.05) is 30.3 Å². The van der Waals surface area contributed by atoms with Gasteiger partial charge < -0.3 is 0 Å². The van der Waals surface area contributed by atoms with Crippen molar-refractivity contribution in [2.45, 2.75) is 59.3 Å². The standard InChI is InChI=1S/C15H26NO3P/c1-12(2)18-20(17,19-13(3)4)16-14(5)11-15-9-7-6-8-10-15/h6-10,12-14H,11H2,1-5H3,(H,16,17)/t14-/m0/s1. The highest BCUT2D eigenvalue weighted by Gasteiger charge is 2.29. The molecule has 0 aromatic heterocycles. The average Bonchev–Trinajstić information content (AvgIpc) is 2.26. The Labute approximate surface area is 122 Å². The lowest BCUT2D eigenvalue weighted by atomic mass is 10.1. The molecule has 1 N–H and O–H groups in total. The van der Waals surface area contributed by atoms with E-state index in [-0.39, 0.29) is 18.2 Å². The van der Waals surface area contributed by atoms with E-state index in [0.29, 0.717) is 0 Å². The largest absolute Gasteiger partial charge is 0.406 e. The zero-order valence-electron chi connectivity index (χ0n) is 13.0. The molecular formula is C15H26NO3P. The molecule has 5 heteroatoms. The van der Waals surface area contributed by atoms with E-state index in [9.17, 15) is 4.57 Å². The third-order valence-corrected chi connectivity index (χ3v) is 4.62. The molecule has 0 fully saturated rings. The fourth-order valence-corrected chi connectivity index (χ4v) is 3.84. The summed E-state index contributed by atoms with van der Waals surface area (Å²) in [5.41, 5.74) is 1.19. The lowest BCUT2D eigenvalue weighted by Gasteiger charge is -2.26. The summed E-state index contributed by atoms with van der Waals surface area (Å²) in [6, 6.07) is 10.1. The summed E-state index contributed by atoms with van der Waals surface area (Å²) in [6.07, 6.45) is 0.459. The lowest BCUT2D eigenvalue weighted by Crippen LogP contribution is -2.29. The monoisotopic (exact) mass is 299 g/mol. The van der Waals surface area contributed by atoms with Gasteiger partial charge in [-0.25, -0.2) is 9.65 Å². The second-order valence-corrected chi connectivity index (χ2v) is 7.20. The quantitative estimate of drug-likeness (QED) is 0.732. The minimum absolute atomic E-state index is 0.000679. The second kappa shape index (κ2) is 7.94. The Balaban J connectivity index is 2.66. The van der Waals surface area contributed by atoms with Crippen molar-refractivity contribution in [2.75, 3.05) is 0 Å². The Hall–Kier alpha value is -0.670. The number of hydrogen-bond donors (Lipinski definition) is 1. The molecule has 0 heterocycles. The minimum Gasteiger partial charge on any atom is -0.294 e. The fraction of sp³-hybridized carbons (Fsp3) is 0.600. The van der Waals surface area contributed by atoms with Crippen LogP contribution in [0.1, 0.15) is 40.2 Å². The first-order chi connectivity index (χ1) is 9.31. The van der Waals surface area contributed by atoms with Crippen LogP contribution in [-0.2, 0) is 20.0 Å². The summed E-state index contributed by atoms with van der Waals surface area (Å²) in [5.74, 6) is 0. The summed E-state index contributed by atoms with van der Waals surface area (Å²) in [7, 11) is -3.27. The Bertz CT molecular complexity index is 420. The van der Waals surface area contributed by atoms with Crippen LogP contribution in [0, 0.1) is 0 Å². The molecule has 0 amide bonds. The number of hydrogen-bond acceptors (Lipinski definition) is 3. The van der Waals surface area contributed by atoms with Crippen LogP contribution in [0.25, 0.3) is 0 Å². The molecule has 1 atom stereocenters. The summed E-state index contributed by atoms with van der Waals surface area (Å²) in [5, 5.41) is 3.02. The first kappa shape index (κ1) is 17.4. The van der Waals surface area contributed by atoms with E-state index in [1.54, 1.807) is 0 Å². The van der Waals surface area contributed by atoms with Crippen LogP contribution in [0.4, 0.5) is 0 Å². The molecule has 0 aliphatic heterocycles. The zero-order chi connectivity index (χ0) is 15.2. The van der Waals surface area contributed by atoms with Gasteiger partial charge >= 0.3 is 7.75 Å². The van der Waals surface area contributed by atoms with Crippen LogP contribution in [0.2, 0.25) is 0 Å². The third kappa shape index (κ3) is 6.67. The van der Waals surface area contributed by atoms with Crippen molar-refractivity contribution in [2.24, 2.45) is 0 Å². The van der Waals surface area contributed by atoms with Gasteiger partial charge in [0.15, 0.2) is 0 Å². The summed E-state index contributed by atoms with van der Waals surface area (Å²) < 4.78 is 23.6. The molecule has 0 unspecified atom stereocenters. The van der Waals surface area contributed by atoms with E-state index in [1.807, 2.05) is 52.8 Å². The Kier molecular flexibility index (Phi) is 6.90. The first-order valence-corrected chi connectivity index (χ1v) is 8.63. The van der Waals surface area contributed by atoms with Gasteiger partial charge in [0.05, 0.1) is 12.2 Å². The summed E-state index contributed by atoms with van der Waals surface area (Å²) in [6.45, 7) is 9.37. The summed E-state index contributed by atoms with van der Waals surface area (Å²) in [4.78, 5) is 0. The van der Waals surface area contributed by atoms with Crippen molar-refractivity contribution in [3.05, 3.63) is 35.9 Å². The number of benzene rings is 1. The molecule has 1 aromatic rings. The normalized spacial score (nSPS) is 13.9. The molecule has 0 spiro atoms. The van der Waals surface area contributed by atoms with Crippen LogP contribution in [0.5, 0.6) is 0 Å². The van der Waals surface area contributed by atoms with E-state index < -0.39 is 7.75 Å².